The molecule has 2 amide bonds. The van der Waals surface area contributed by atoms with Gasteiger partial charge in [0, 0.05) is 26.1 Å². The standard InChI is InChI=1S/C30H35ClN2O4/c1-23(2)36-19-11-18-32-30(35)27(20-24-12-5-3-6-13-24)33(21-25-14-7-4-8-15-25)29(34)22-37-28-17-10-9-16-26(28)31/h3-10,12-17,23,27H,11,18-22H2,1-2H3,(H,32,35). The molecule has 196 valence electrons. The molecule has 1 N–H and O–H groups in total. The summed E-state index contributed by atoms with van der Waals surface area (Å²) in [6.45, 7) is 5.00. The fraction of sp³-hybridized carbons (Fsp3) is 0.333. The molecule has 0 radical (unpaired) electrons. The first kappa shape index (κ1) is 28.2. The highest BCUT2D eigenvalue weighted by Crippen LogP contribution is 2.23. The van der Waals surface area contributed by atoms with E-state index < -0.39 is 6.04 Å². The molecule has 0 saturated carbocycles. The summed E-state index contributed by atoms with van der Waals surface area (Å²) in [6.07, 6.45) is 1.20. The number of hydrogen-bond donors (Lipinski definition) is 1. The van der Waals surface area contributed by atoms with Crippen molar-refractivity contribution in [1.82, 2.24) is 10.2 Å². The summed E-state index contributed by atoms with van der Waals surface area (Å²) in [7, 11) is 0. The van der Waals surface area contributed by atoms with Crippen molar-refractivity contribution in [3.05, 3.63) is 101 Å². The van der Waals surface area contributed by atoms with Gasteiger partial charge in [-0.2, -0.15) is 0 Å². The molecule has 6 nitrogen and oxygen atoms in total. The zero-order valence-electron chi connectivity index (χ0n) is 21.4. The zero-order chi connectivity index (χ0) is 26.5. The molecule has 3 aromatic rings. The third-order valence-electron chi connectivity index (χ3n) is 5.73. The Morgan fingerprint density at radius 1 is 0.892 bits per heavy atom. The average molecular weight is 523 g/mol. The first-order chi connectivity index (χ1) is 17.9. The van der Waals surface area contributed by atoms with Gasteiger partial charge < -0.3 is 19.7 Å². The minimum Gasteiger partial charge on any atom is -0.482 e. The van der Waals surface area contributed by atoms with E-state index in [1.807, 2.05) is 74.5 Å². The van der Waals surface area contributed by atoms with E-state index in [0.717, 1.165) is 11.1 Å². The van der Waals surface area contributed by atoms with Crippen LogP contribution >= 0.6 is 11.6 Å². The van der Waals surface area contributed by atoms with Crippen molar-refractivity contribution < 1.29 is 19.1 Å². The largest absolute Gasteiger partial charge is 0.482 e. The van der Waals surface area contributed by atoms with E-state index in [4.69, 9.17) is 21.1 Å². The highest BCUT2D eigenvalue weighted by molar-refractivity contribution is 6.32. The van der Waals surface area contributed by atoms with Crippen LogP contribution < -0.4 is 10.1 Å². The van der Waals surface area contributed by atoms with Crippen LogP contribution in [0.15, 0.2) is 84.9 Å². The second-order valence-corrected chi connectivity index (χ2v) is 9.40. The van der Waals surface area contributed by atoms with Gasteiger partial charge in [-0.3, -0.25) is 9.59 Å². The van der Waals surface area contributed by atoms with Gasteiger partial charge in [0.25, 0.3) is 5.91 Å². The summed E-state index contributed by atoms with van der Waals surface area (Å²) in [5.41, 5.74) is 1.88. The maximum atomic E-state index is 13.6. The third-order valence-corrected chi connectivity index (χ3v) is 6.04. The second-order valence-electron chi connectivity index (χ2n) is 9.00. The fourth-order valence-corrected chi connectivity index (χ4v) is 4.03. The van der Waals surface area contributed by atoms with E-state index in [1.165, 1.54) is 0 Å². The summed E-state index contributed by atoms with van der Waals surface area (Å²) in [5, 5.41) is 3.43. The molecule has 0 fully saturated rings. The lowest BCUT2D eigenvalue weighted by molar-refractivity contribution is -0.142. The second kappa shape index (κ2) is 15.0. The fourth-order valence-electron chi connectivity index (χ4n) is 3.84. The first-order valence-corrected chi connectivity index (χ1v) is 13.0. The number of nitrogens with zero attached hydrogens (tertiary/aromatic N) is 1. The summed E-state index contributed by atoms with van der Waals surface area (Å²) in [6, 6.07) is 25.6. The van der Waals surface area contributed by atoms with Crippen LogP contribution in [-0.4, -0.2) is 48.6 Å². The van der Waals surface area contributed by atoms with Crippen molar-refractivity contribution in [2.75, 3.05) is 19.8 Å². The predicted octanol–water partition coefficient (Wildman–Crippen LogP) is 5.29. The number of benzene rings is 3. The topological polar surface area (TPSA) is 67.9 Å². The lowest BCUT2D eigenvalue weighted by Crippen LogP contribution is -2.52. The number of hydrogen-bond acceptors (Lipinski definition) is 4. The number of rotatable bonds is 14. The molecule has 0 bridgehead atoms. The third kappa shape index (κ3) is 9.56. The highest BCUT2D eigenvalue weighted by atomic mass is 35.5. The van der Waals surface area contributed by atoms with Gasteiger partial charge >= 0.3 is 0 Å². The lowest BCUT2D eigenvalue weighted by Gasteiger charge is -2.31. The van der Waals surface area contributed by atoms with Gasteiger partial charge in [-0.25, -0.2) is 0 Å². The Morgan fingerprint density at radius 2 is 1.51 bits per heavy atom. The number of amides is 2. The van der Waals surface area contributed by atoms with Crippen LogP contribution in [0.1, 0.15) is 31.4 Å². The van der Waals surface area contributed by atoms with Crippen molar-refractivity contribution >= 4 is 23.4 Å². The number of para-hydroxylation sites is 1. The van der Waals surface area contributed by atoms with Crippen molar-refractivity contribution in [2.24, 2.45) is 0 Å². The zero-order valence-corrected chi connectivity index (χ0v) is 22.2. The minimum atomic E-state index is -0.726. The van der Waals surface area contributed by atoms with Crippen molar-refractivity contribution in [2.45, 2.75) is 45.4 Å². The molecule has 0 heterocycles. The van der Waals surface area contributed by atoms with Crippen LogP contribution in [-0.2, 0) is 27.3 Å². The molecule has 1 unspecified atom stereocenters. The molecule has 3 rings (SSSR count). The van der Waals surface area contributed by atoms with Gasteiger partial charge in [0.2, 0.25) is 5.91 Å². The van der Waals surface area contributed by atoms with Gasteiger partial charge in [-0.05, 0) is 43.5 Å². The van der Waals surface area contributed by atoms with Crippen LogP contribution in [0.5, 0.6) is 5.75 Å². The Morgan fingerprint density at radius 3 is 2.16 bits per heavy atom. The minimum absolute atomic E-state index is 0.138. The van der Waals surface area contributed by atoms with Crippen LogP contribution in [0, 0.1) is 0 Å². The number of carbonyl (C=O) groups is 2. The molecule has 7 heteroatoms. The summed E-state index contributed by atoms with van der Waals surface area (Å²) < 4.78 is 11.3. The van der Waals surface area contributed by atoms with Crippen molar-refractivity contribution in [3.63, 3.8) is 0 Å². The number of ether oxygens (including phenoxy) is 2. The summed E-state index contributed by atoms with van der Waals surface area (Å²) in [5.74, 6) is -0.0928. The maximum absolute atomic E-state index is 13.6. The van der Waals surface area contributed by atoms with E-state index >= 15 is 0 Å². The Hall–Kier alpha value is -3.35. The van der Waals surface area contributed by atoms with Crippen LogP contribution in [0.2, 0.25) is 5.02 Å². The van der Waals surface area contributed by atoms with Gasteiger partial charge in [0.1, 0.15) is 11.8 Å². The highest BCUT2D eigenvalue weighted by Gasteiger charge is 2.30. The molecule has 37 heavy (non-hydrogen) atoms. The van der Waals surface area contributed by atoms with Gasteiger partial charge in [0.05, 0.1) is 11.1 Å². The summed E-state index contributed by atoms with van der Waals surface area (Å²) >= 11 is 6.22. The average Bonchev–Trinajstić information content (AvgIpc) is 2.90. The van der Waals surface area contributed by atoms with Gasteiger partial charge in [-0.15, -0.1) is 0 Å². The molecule has 0 aliphatic carbocycles. The SMILES string of the molecule is CC(C)OCCCNC(=O)C(Cc1ccccc1)N(Cc1ccccc1)C(=O)COc1ccccc1Cl. The lowest BCUT2D eigenvalue weighted by atomic mass is 10.0. The van der Waals surface area contributed by atoms with Crippen molar-refractivity contribution in [3.8, 4) is 5.75 Å². The van der Waals surface area contributed by atoms with Gasteiger partial charge in [0.15, 0.2) is 6.61 Å². The molecular weight excluding hydrogens is 488 g/mol. The monoisotopic (exact) mass is 522 g/mol. The van der Waals surface area contributed by atoms with E-state index in [1.54, 1.807) is 29.2 Å². The Labute approximate surface area is 224 Å². The van der Waals surface area contributed by atoms with Crippen molar-refractivity contribution in [1.29, 1.82) is 0 Å². The Balaban J connectivity index is 1.81. The normalized spacial score (nSPS) is 11.7. The molecule has 0 aliphatic rings. The van der Waals surface area contributed by atoms with E-state index in [0.29, 0.717) is 36.8 Å². The predicted molar refractivity (Wildman–Crippen MR) is 147 cm³/mol. The van der Waals surface area contributed by atoms with E-state index in [9.17, 15) is 9.59 Å². The molecule has 0 aliphatic heterocycles. The smallest absolute Gasteiger partial charge is 0.261 e. The summed E-state index contributed by atoms with van der Waals surface area (Å²) in [4.78, 5) is 28.7. The Bertz CT molecular complexity index is 1110. The Kier molecular flexibility index (Phi) is 11.5. The first-order valence-electron chi connectivity index (χ1n) is 12.6. The van der Waals surface area contributed by atoms with E-state index in [2.05, 4.69) is 5.32 Å². The molecule has 3 aromatic carbocycles. The van der Waals surface area contributed by atoms with Crippen LogP contribution in [0.25, 0.3) is 0 Å². The molecule has 0 spiro atoms. The number of nitrogens with one attached hydrogen (secondary N) is 1. The maximum Gasteiger partial charge on any atom is 0.261 e. The van der Waals surface area contributed by atoms with Crippen LogP contribution in [0.4, 0.5) is 0 Å². The van der Waals surface area contributed by atoms with Gasteiger partial charge in [-0.1, -0.05) is 84.4 Å². The van der Waals surface area contributed by atoms with E-state index in [-0.39, 0.29) is 31.1 Å². The molecule has 1 atom stereocenters. The molecule has 0 saturated heterocycles. The number of carbonyl (C=O) groups excluding carboxylic acids is 2. The quantitative estimate of drug-likeness (QED) is 0.292. The molecular formula is C30H35ClN2O4. The molecule has 0 aromatic heterocycles. The van der Waals surface area contributed by atoms with Crippen LogP contribution in [0.3, 0.4) is 0 Å². The number of halogens is 1.